The van der Waals surface area contributed by atoms with E-state index in [9.17, 15) is 0 Å². The molecule has 0 saturated carbocycles. The van der Waals surface area contributed by atoms with E-state index in [2.05, 4.69) is 23.5 Å². The summed E-state index contributed by atoms with van der Waals surface area (Å²) in [5, 5.41) is 3.33. The van der Waals surface area contributed by atoms with Gasteiger partial charge >= 0.3 is 0 Å². The lowest BCUT2D eigenvalue weighted by atomic mass is 10.2. The van der Waals surface area contributed by atoms with E-state index in [1.807, 2.05) is 43.3 Å². The van der Waals surface area contributed by atoms with Crippen LogP contribution in [0.2, 0.25) is 0 Å². The Morgan fingerprint density at radius 3 is 2.86 bits per heavy atom. The smallest absolute Gasteiger partial charge is 0.129 e. The lowest BCUT2D eigenvalue weighted by Crippen LogP contribution is -2.03. The van der Waals surface area contributed by atoms with Gasteiger partial charge in [-0.2, -0.15) is 0 Å². The SMILES string of the molecule is C=C/C=C(\C=C)Oc1cccc(CNc2ncccc2C)c1. The van der Waals surface area contributed by atoms with Gasteiger partial charge in [0.2, 0.25) is 0 Å². The minimum atomic E-state index is 0.667. The van der Waals surface area contributed by atoms with Crippen LogP contribution in [0.3, 0.4) is 0 Å². The lowest BCUT2D eigenvalue weighted by molar-refractivity contribution is 0.444. The largest absolute Gasteiger partial charge is 0.457 e. The number of nitrogens with zero attached hydrogens (tertiary/aromatic N) is 1. The van der Waals surface area contributed by atoms with Gasteiger partial charge in [-0.1, -0.05) is 37.4 Å². The summed E-state index contributed by atoms with van der Waals surface area (Å²) in [4.78, 5) is 4.33. The van der Waals surface area contributed by atoms with Crippen molar-refractivity contribution in [3.8, 4) is 5.75 Å². The van der Waals surface area contributed by atoms with Gasteiger partial charge in [-0.25, -0.2) is 4.98 Å². The molecule has 0 atom stereocenters. The van der Waals surface area contributed by atoms with Crippen LogP contribution in [0.15, 0.2) is 79.7 Å². The molecule has 3 nitrogen and oxygen atoms in total. The molecule has 22 heavy (non-hydrogen) atoms. The van der Waals surface area contributed by atoms with Crippen LogP contribution in [0.4, 0.5) is 5.82 Å². The normalized spacial score (nSPS) is 10.9. The molecule has 0 aliphatic heterocycles. The van der Waals surface area contributed by atoms with Gasteiger partial charge < -0.3 is 10.1 Å². The third-order valence-corrected chi connectivity index (χ3v) is 3.09. The fourth-order valence-corrected chi connectivity index (χ4v) is 1.97. The third kappa shape index (κ3) is 4.35. The molecule has 0 aliphatic rings. The lowest BCUT2D eigenvalue weighted by Gasteiger charge is -2.10. The van der Waals surface area contributed by atoms with Crippen molar-refractivity contribution in [1.82, 2.24) is 4.98 Å². The molecule has 0 bridgehead atoms. The molecule has 1 N–H and O–H groups in total. The number of ether oxygens (including phenoxy) is 1. The Balaban J connectivity index is 2.05. The molecule has 0 fully saturated rings. The van der Waals surface area contributed by atoms with Crippen molar-refractivity contribution in [3.63, 3.8) is 0 Å². The second-order valence-electron chi connectivity index (χ2n) is 4.78. The predicted octanol–water partition coefficient (Wildman–Crippen LogP) is 4.64. The van der Waals surface area contributed by atoms with Crippen molar-refractivity contribution in [1.29, 1.82) is 0 Å². The van der Waals surface area contributed by atoms with Gasteiger partial charge in [-0.15, -0.1) is 0 Å². The molecular weight excluding hydrogens is 272 g/mol. The molecular formula is C19H20N2O. The number of hydrogen-bond donors (Lipinski definition) is 1. The number of hydrogen-bond acceptors (Lipinski definition) is 3. The number of aromatic nitrogens is 1. The summed E-state index contributed by atoms with van der Waals surface area (Å²) in [5.74, 6) is 2.33. The van der Waals surface area contributed by atoms with Crippen LogP contribution in [-0.4, -0.2) is 4.98 Å². The minimum Gasteiger partial charge on any atom is -0.457 e. The first-order valence-corrected chi connectivity index (χ1v) is 7.10. The summed E-state index contributed by atoms with van der Waals surface area (Å²) in [7, 11) is 0. The summed E-state index contributed by atoms with van der Waals surface area (Å²) >= 11 is 0. The van der Waals surface area contributed by atoms with E-state index in [0.29, 0.717) is 12.3 Å². The molecule has 0 radical (unpaired) electrons. The molecule has 0 unspecified atom stereocenters. The Bertz CT molecular complexity index is 689. The molecule has 1 aromatic carbocycles. The Morgan fingerprint density at radius 1 is 1.27 bits per heavy atom. The van der Waals surface area contributed by atoms with Gasteiger partial charge in [-0.3, -0.25) is 0 Å². The molecule has 0 amide bonds. The van der Waals surface area contributed by atoms with E-state index in [1.165, 1.54) is 0 Å². The Kier molecular flexibility index (Phi) is 5.55. The van der Waals surface area contributed by atoms with Crippen LogP contribution in [0.5, 0.6) is 5.75 Å². The van der Waals surface area contributed by atoms with Gasteiger partial charge in [0.05, 0.1) is 0 Å². The first-order valence-electron chi connectivity index (χ1n) is 7.10. The zero-order chi connectivity index (χ0) is 15.8. The van der Waals surface area contributed by atoms with E-state index in [1.54, 1.807) is 24.4 Å². The van der Waals surface area contributed by atoms with Gasteiger partial charge in [0, 0.05) is 12.7 Å². The van der Waals surface area contributed by atoms with Crippen LogP contribution in [0, 0.1) is 6.92 Å². The van der Waals surface area contributed by atoms with E-state index in [-0.39, 0.29) is 0 Å². The number of anilines is 1. The van der Waals surface area contributed by atoms with Crippen molar-refractivity contribution in [3.05, 3.63) is 90.9 Å². The second-order valence-corrected chi connectivity index (χ2v) is 4.78. The third-order valence-electron chi connectivity index (χ3n) is 3.09. The Hall–Kier alpha value is -2.81. The average Bonchev–Trinajstić information content (AvgIpc) is 2.54. The quantitative estimate of drug-likeness (QED) is 0.596. The first kappa shape index (κ1) is 15.6. The number of rotatable bonds is 7. The standard InChI is InChI=1S/C19H20N2O/c1-4-8-17(5-2)22-18-11-6-10-16(13-18)14-21-19-15(3)9-7-12-20-19/h4-13H,1-2,14H2,3H3,(H,20,21)/b17-8+. The Labute approximate surface area is 131 Å². The van der Waals surface area contributed by atoms with Gasteiger partial charge in [-0.05, 0) is 48.4 Å². The highest BCUT2D eigenvalue weighted by molar-refractivity contribution is 5.43. The fraction of sp³-hybridized carbons (Fsp3) is 0.105. The molecule has 0 aliphatic carbocycles. The molecule has 0 spiro atoms. The van der Waals surface area contributed by atoms with Crippen LogP contribution in [0.1, 0.15) is 11.1 Å². The maximum atomic E-state index is 5.75. The topological polar surface area (TPSA) is 34.1 Å². The maximum absolute atomic E-state index is 5.75. The second kappa shape index (κ2) is 7.84. The molecule has 112 valence electrons. The van der Waals surface area contributed by atoms with Crippen LogP contribution < -0.4 is 10.1 Å². The van der Waals surface area contributed by atoms with E-state index < -0.39 is 0 Å². The van der Waals surface area contributed by atoms with Crippen LogP contribution >= 0.6 is 0 Å². The number of benzene rings is 1. The van der Waals surface area contributed by atoms with E-state index in [4.69, 9.17) is 4.74 Å². The maximum Gasteiger partial charge on any atom is 0.129 e. The van der Waals surface area contributed by atoms with E-state index >= 15 is 0 Å². The molecule has 2 aromatic rings. The summed E-state index contributed by atoms with van der Waals surface area (Å²) in [6.45, 7) is 10.1. The number of aryl methyl sites for hydroxylation is 1. The zero-order valence-electron chi connectivity index (χ0n) is 12.8. The minimum absolute atomic E-state index is 0.667. The van der Waals surface area contributed by atoms with Crippen molar-refractivity contribution >= 4 is 5.82 Å². The molecule has 2 rings (SSSR count). The van der Waals surface area contributed by atoms with E-state index in [0.717, 1.165) is 22.7 Å². The van der Waals surface area contributed by atoms with Crippen LogP contribution in [-0.2, 0) is 6.54 Å². The van der Waals surface area contributed by atoms with Crippen molar-refractivity contribution in [2.24, 2.45) is 0 Å². The number of nitrogens with one attached hydrogen (secondary N) is 1. The van der Waals surface area contributed by atoms with Gasteiger partial charge in [0.25, 0.3) is 0 Å². The van der Waals surface area contributed by atoms with Gasteiger partial charge in [0.15, 0.2) is 0 Å². The highest BCUT2D eigenvalue weighted by atomic mass is 16.5. The van der Waals surface area contributed by atoms with Gasteiger partial charge in [0.1, 0.15) is 17.3 Å². The van der Waals surface area contributed by atoms with Crippen molar-refractivity contribution in [2.75, 3.05) is 5.32 Å². The highest BCUT2D eigenvalue weighted by Crippen LogP contribution is 2.18. The van der Waals surface area contributed by atoms with Crippen molar-refractivity contribution in [2.45, 2.75) is 13.5 Å². The molecule has 3 heteroatoms. The summed E-state index contributed by atoms with van der Waals surface area (Å²) in [6.07, 6.45) is 6.89. The first-order chi connectivity index (χ1) is 10.7. The van der Waals surface area contributed by atoms with Crippen LogP contribution in [0.25, 0.3) is 0 Å². The highest BCUT2D eigenvalue weighted by Gasteiger charge is 2.01. The molecule has 1 heterocycles. The van der Waals surface area contributed by atoms with Crippen molar-refractivity contribution < 1.29 is 4.74 Å². The monoisotopic (exact) mass is 292 g/mol. The summed E-state index contributed by atoms with van der Waals surface area (Å²) < 4.78 is 5.75. The average molecular weight is 292 g/mol. The fourth-order valence-electron chi connectivity index (χ4n) is 1.97. The number of pyridine rings is 1. The zero-order valence-corrected chi connectivity index (χ0v) is 12.8. The summed E-state index contributed by atoms with van der Waals surface area (Å²) in [6, 6.07) is 11.9. The summed E-state index contributed by atoms with van der Waals surface area (Å²) in [5.41, 5.74) is 2.24. The molecule has 0 saturated heterocycles. The molecule has 1 aromatic heterocycles. The number of allylic oxidation sites excluding steroid dienone is 3. The Morgan fingerprint density at radius 2 is 2.14 bits per heavy atom. The predicted molar refractivity (Wildman–Crippen MR) is 91.8 cm³/mol.